The number of carbonyl (C=O) groups is 1. The van der Waals surface area contributed by atoms with E-state index in [4.69, 9.17) is 0 Å². The molecule has 0 saturated carbocycles. The van der Waals surface area contributed by atoms with Gasteiger partial charge in [-0.1, -0.05) is 0 Å². The van der Waals surface area contributed by atoms with Crippen LogP contribution in [0, 0.1) is 0 Å². The highest BCUT2D eigenvalue weighted by Gasteiger charge is 2.25. The molecule has 1 unspecified atom stereocenters. The molecule has 1 N–H and O–H groups in total. The van der Waals surface area contributed by atoms with Gasteiger partial charge in [-0.25, -0.2) is 4.98 Å². The first-order chi connectivity index (χ1) is 9.65. The van der Waals surface area contributed by atoms with Gasteiger partial charge in [-0.2, -0.15) is 0 Å². The van der Waals surface area contributed by atoms with Crippen LogP contribution in [-0.4, -0.2) is 41.5 Å². The first kappa shape index (κ1) is 16.9. The van der Waals surface area contributed by atoms with Crippen molar-refractivity contribution in [1.82, 2.24) is 15.2 Å². The van der Waals surface area contributed by atoms with E-state index in [1.807, 2.05) is 22.4 Å². The van der Waals surface area contributed by atoms with Crippen molar-refractivity contribution in [3.05, 3.63) is 27.0 Å². The zero-order chi connectivity index (χ0) is 14.1. The van der Waals surface area contributed by atoms with E-state index in [0.717, 1.165) is 33.3 Å². The molecule has 1 aliphatic heterocycles. The van der Waals surface area contributed by atoms with Gasteiger partial charge in [0.05, 0.1) is 8.66 Å². The second-order valence-corrected chi connectivity index (χ2v) is 8.01. The van der Waals surface area contributed by atoms with Crippen LogP contribution in [0.1, 0.15) is 17.4 Å². The summed E-state index contributed by atoms with van der Waals surface area (Å²) < 4.78 is 1.08. The number of piperazine rings is 1. The van der Waals surface area contributed by atoms with Crippen molar-refractivity contribution in [1.29, 1.82) is 0 Å². The number of amides is 1. The van der Waals surface area contributed by atoms with Gasteiger partial charge in [0.15, 0.2) is 0 Å². The van der Waals surface area contributed by atoms with Crippen molar-refractivity contribution in [2.75, 3.05) is 19.6 Å². The van der Waals surface area contributed by atoms with E-state index in [-0.39, 0.29) is 24.4 Å². The SMILES string of the molecule is CC1CNCCN1C(=O)c1csc(-c2ccc(Br)s2)n1.Cl. The predicted molar refractivity (Wildman–Crippen MR) is 93.7 cm³/mol. The van der Waals surface area contributed by atoms with Crippen LogP contribution in [0.4, 0.5) is 0 Å². The molecule has 0 aromatic carbocycles. The summed E-state index contributed by atoms with van der Waals surface area (Å²) in [6.07, 6.45) is 0. The maximum Gasteiger partial charge on any atom is 0.273 e. The van der Waals surface area contributed by atoms with Gasteiger partial charge in [0.2, 0.25) is 0 Å². The lowest BCUT2D eigenvalue weighted by Crippen LogP contribution is -2.52. The average molecular weight is 409 g/mol. The molecular weight excluding hydrogens is 394 g/mol. The Hall–Kier alpha value is -0.470. The van der Waals surface area contributed by atoms with Gasteiger partial charge in [-0.05, 0) is 35.0 Å². The van der Waals surface area contributed by atoms with Gasteiger partial charge in [-0.3, -0.25) is 4.79 Å². The molecule has 1 aliphatic rings. The van der Waals surface area contributed by atoms with E-state index in [0.29, 0.717) is 5.69 Å². The predicted octanol–water partition coefficient (Wildman–Crippen LogP) is 3.49. The molecule has 3 heterocycles. The summed E-state index contributed by atoms with van der Waals surface area (Å²) in [5, 5.41) is 6.06. The quantitative estimate of drug-likeness (QED) is 0.827. The second-order valence-electron chi connectivity index (χ2n) is 4.69. The molecule has 1 saturated heterocycles. The summed E-state index contributed by atoms with van der Waals surface area (Å²) in [5.74, 6) is 0.0390. The number of hydrogen-bond acceptors (Lipinski definition) is 5. The van der Waals surface area contributed by atoms with Crippen LogP contribution < -0.4 is 5.32 Å². The molecule has 0 radical (unpaired) electrons. The molecule has 2 aromatic rings. The number of aromatic nitrogens is 1. The molecule has 2 aromatic heterocycles. The van der Waals surface area contributed by atoms with Crippen LogP contribution in [0.2, 0.25) is 0 Å². The van der Waals surface area contributed by atoms with E-state index < -0.39 is 0 Å². The fourth-order valence-electron chi connectivity index (χ4n) is 2.20. The number of halogens is 2. The van der Waals surface area contributed by atoms with Crippen LogP contribution in [0.3, 0.4) is 0 Å². The minimum absolute atomic E-state index is 0. The highest BCUT2D eigenvalue weighted by atomic mass is 79.9. The van der Waals surface area contributed by atoms with Crippen LogP contribution in [0.25, 0.3) is 9.88 Å². The lowest BCUT2D eigenvalue weighted by Gasteiger charge is -2.33. The zero-order valence-electron chi connectivity index (χ0n) is 11.3. The molecule has 0 bridgehead atoms. The lowest BCUT2D eigenvalue weighted by molar-refractivity contribution is 0.0650. The first-order valence-electron chi connectivity index (χ1n) is 6.38. The highest BCUT2D eigenvalue weighted by molar-refractivity contribution is 9.11. The number of nitrogens with zero attached hydrogens (tertiary/aromatic N) is 2. The minimum Gasteiger partial charge on any atom is -0.332 e. The number of rotatable bonds is 2. The molecule has 4 nitrogen and oxygen atoms in total. The average Bonchev–Trinajstić information content (AvgIpc) is 3.07. The third-order valence-corrected chi connectivity index (χ3v) is 5.90. The smallest absolute Gasteiger partial charge is 0.273 e. The van der Waals surface area contributed by atoms with Gasteiger partial charge >= 0.3 is 0 Å². The molecule has 8 heteroatoms. The molecular formula is C13H15BrClN3OS2. The normalized spacial score (nSPS) is 18.4. The molecule has 0 aliphatic carbocycles. The van der Waals surface area contributed by atoms with Crippen LogP contribution in [-0.2, 0) is 0 Å². The second kappa shape index (κ2) is 7.19. The van der Waals surface area contributed by atoms with E-state index in [9.17, 15) is 4.79 Å². The van der Waals surface area contributed by atoms with E-state index >= 15 is 0 Å². The van der Waals surface area contributed by atoms with Crippen molar-refractivity contribution < 1.29 is 4.79 Å². The standard InChI is InChI=1S/C13H14BrN3OS2.ClH/c1-8-6-15-4-5-17(8)13(18)9-7-19-12(16-9)10-2-3-11(14)20-10;/h2-3,7-8,15H,4-6H2,1H3;1H. The van der Waals surface area contributed by atoms with Crippen molar-refractivity contribution in [3.63, 3.8) is 0 Å². The van der Waals surface area contributed by atoms with Gasteiger partial charge in [0, 0.05) is 31.1 Å². The van der Waals surface area contributed by atoms with Crippen LogP contribution in [0.5, 0.6) is 0 Å². The molecule has 0 spiro atoms. The summed E-state index contributed by atoms with van der Waals surface area (Å²) in [6, 6.07) is 4.24. The lowest BCUT2D eigenvalue weighted by atomic mass is 10.2. The number of hydrogen-bond donors (Lipinski definition) is 1. The van der Waals surface area contributed by atoms with Gasteiger partial charge < -0.3 is 10.2 Å². The molecule has 21 heavy (non-hydrogen) atoms. The Labute approximate surface area is 146 Å². The number of nitrogens with one attached hydrogen (secondary N) is 1. The third kappa shape index (κ3) is 3.65. The Morgan fingerprint density at radius 1 is 1.52 bits per heavy atom. The maximum atomic E-state index is 12.5. The third-order valence-electron chi connectivity index (χ3n) is 3.27. The summed E-state index contributed by atoms with van der Waals surface area (Å²) in [4.78, 5) is 20.0. The fraction of sp³-hybridized carbons (Fsp3) is 0.385. The first-order valence-corrected chi connectivity index (χ1v) is 8.87. The number of carbonyl (C=O) groups excluding carboxylic acids is 1. The summed E-state index contributed by atoms with van der Waals surface area (Å²) >= 11 is 6.61. The summed E-state index contributed by atoms with van der Waals surface area (Å²) in [6.45, 7) is 4.51. The van der Waals surface area contributed by atoms with Crippen molar-refractivity contribution >= 4 is 56.9 Å². The Morgan fingerprint density at radius 2 is 2.33 bits per heavy atom. The van der Waals surface area contributed by atoms with Crippen LogP contribution in [0.15, 0.2) is 21.3 Å². The van der Waals surface area contributed by atoms with Crippen molar-refractivity contribution in [2.24, 2.45) is 0 Å². The van der Waals surface area contributed by atoms with E-state index in [1.54, 1.807) is 11.3 Å². The molecule has 1 fully saturated rings. The summed E-state index contributed by atoms with van der Waals surface area (Å²) in [5.41, 5.74) is 0.559. The topological polar surface area (TPSA) is 45.2 Å². The Kier molecular flexibility index (Phi) is 5.79. The zero-order valence-corrected chi connectivity index (χ0v) is 15.4. The van der Waals surface area contributed by atoms with E-state index in [2.05, 4.69) is 33.2 Å². The number of thiophene rings is 1. The highest BCUT2D eigenvalue weighted by Crippen LogP contribution is 2.33. The summed E-state index contributed by atoms with van der Waals surface area (Å²) in [7, 11) is 0. The largest absolute Gasteiger partial charge is 0.332 e. The molecule has 3 rings (SSSR count). The fourth-order valence-corrected chi connectivity index (χ4v) is 4.46. The van der Waals surface area contributed by atoms with E-state index in [1.165, 1.54) is 11.3 Å². The minimum atomic E-state index is 0. The number of thiazole rings is 1. The monoisotopic (exact) mass is 407 g/mol. The van der Waals surface area contributed by atoms with Gasteiger partial charge in [0.1, 0.15) is 10.7 Å². The molecule has 1 atom stereocenters. The molecule has 114 valence electrons. The van der Waals surface area contributed by atoms with Crippen molar-refractivity contribution in [3.8, 4) is 9.88 Å². The van der Waals surface area contributed by atoms with Crippen LogP contribution >= 0.6 is 51.0 Å². The Balaban J connectivity index is 0.00000161. The van der Waals surface area contributed by atoms with Crippen molar-refractivity contribution in [2.45, 2.75) is 13.0 Å². The maximum absolute atomic E-state index is 12.5. The Bertz CT molecular complexity index is 630. The van der Waals surface area contributed by atoms with Gasteiger partial charge in [-0.15, -0.1) is 35.1 Å². The Morgan fingerprint density at radius 3 is 3.00 bits per heavy atom. The van der Waals surface area contributed by atoms with Gasteiger partial charge in [0.25, 0.3) is 5.91 Å². The molecule has 1 amide bonds.